The minimum absolute atomic E-state index is 0.127. The number of nitrogens with one attached hydrogen (secondary N) is 1. The molecule has 0 radical (unpaired) electrons. The van der Waals surface area contributed by atoms with Crippen molar-refractivity contribution in [3.8, 4) is 0 Å². The summed E-state index contributed by atoms with van der Waals surface area (Å²) in [5.74, 6) is -0.179. The third-order valence-electron chi connectivity index (χ3n) is 2.23. The van der Waals surface area contributed by atoms with Crippen LogP contribution in [0.5, 0.6) is 0 Å². The molecule has 6 heteroatoms. The number of nitrogens with zero attached hydrogens (tertiary/aromatic N) is 3. The highest BCUT2D eigenvalue weighted by Gasteiger charge is 2.19. The van der Waals surface area contributed by atoms with Crippen LogP contribution in [0.2, 0.25) is 0 Å². The molecular formula is C10H18N4O2. The third-order valence-corrected chi connectivity index (χ3v) is 2.23. The van der Waals surface area contributed by atoms with Crippen LogP contribution < -0.4 is 5.32 Å². The van der Waals surface area contributed by atoms with Crippen LogP contribution in [0.25, 0.3) is 0 Å². The number of aromatic nitrogens is 3. The lowest BCUT2D eigenvalue weighted by molar-refractivity contribution is -0.123. The Labute approximate surface area is 94.7 Å². The van der Waals surface area contributed by atoms with Gasteiger partial charge >= 0.3 is 0 Å². The van der Waals surface area contributed by atoms with Crippen molar-refractivity contribution >= 4 is 5.91 Å². The minimum Gasteiger partial charge on any atom is -0.388 e. The molecule has 0 spiro atoms. The number of carbonyl (C=O) groups excluding carboxylic acids is 1. The third kappa shape index (κ3) is 4.39. The Morgan fingerprint density at radius 1 is 1.62 bits per heavy atom. The topological polar surface area (TPSA) is 80.0 Å². The van der Waals surface area contributed by atoms with Crippen LogP contribution in [0.1, 0.15) is 26.7 Å². The van der Waals surface area contributed by atoms with Gasteiger partial charge in [-0.25, -0.2) is 9.67 Å². The zero-order valence-electron chi connectivity index (χ0n) is 9.68. The normalized spacial score (nSPS) is 14.4. The number of amides is 1. The lowest BCUT2D eigenvalue weighted by atomic mass is 10.0. The molecule has 2 N–H and O–H groups in total. The molecule has 1 heterocycles. The van der Waals surface area contributed by atoms with Gasteiger partial charge in [-0.2, -0.15) is 5.10 Å². The molecule has 1 unspecified atom stereocenters. The van der Waals surface area contributed by atoms with Gasteiger partial charge in [0, 0.05) is 6.54 Å². The van der Waals surface area contributed by atoms with Gasteiger partial charge in [-0.15, -0.1) is 0 Å². The highest BCUT2D eigenvalue weighted by atomic mass is 16.3. The van der Waals surface area contributed by atoms with E-state index >= 15 is 0 Å². The molecule has 1 aromatic heterocycles. The van der Waals surface area contributed by atoms with Gasteiger partial charge < -0.3 is 10.4 Å². The number of rotatable bonds is 6. The summed E-state index contributed by atoms with van der Waals surface area (Å²) < 4.78 is 1.43. The number of hydrogen-bond donors (Lipinski definition) is 2. The first-order chi connectivity index (χ1) is 7.53. The van der Waals surface area contributed by atoms with E-state index in [1.165, 1.54) is 17.3 Å². The highest BCUT2D eigenvalue weighted by Crippen LogP contribution is 2.09. The molecule has 1 rings (SSSR count). The van der Waals surface area contributed by atoms with Gasteiger partial charge in [-0.3, -0.25) is 4.79 Å². The summed E-state index contributed by atoms with van der Waals surface area (Å²) in [6.07, 6.45) is 4.40. The van der Waals surface area contributed by atoms with Crippen molar-refractivity contribution in [2.45, 2.75) is 38.8 Å². The van der Waals surface area contributed by atoms with Crippen molar-refractivity contribution in [2.75, 3.05) is 6.54 Å². The lowest BCUT2D eigenvalue weighted by Crippen LogP contribution is -2.41. The molecule has 1 amide bonds. The molecule has 0 saturated carbocycles. The van der Waals surface area contributed by atoms with Gasteiger partial charge in [0.25, 0.3) is 0 Å². The van der Waals surface area contributed by atoms with Gasteiger partial charge in [-0.05, 0) is 13.3 Å². The molecule has 0 fully saturated rings. The largest absolute Gasteiger partial charge is 0.388 e. The van der Waals surface area contributed by atoms with Crippen LogP contribution >= 0.6 is 0 Å². The Hall–Kier alpha value is -1.43. The summed E-state index contributed by atoms with van der Waals surface area (Å²) in [6.45, 7) is 4.09. The average molecular weight is 226 g/mol. The van der Waals surface area contributed by atoms with Gasteiger partial charge in [0.05, 0.1) is 5.60 Å². The highest BCUT2D eigenvalue weighted by molar-refractivity contribution is 5.75. The molecule has 0 saturated heterocycles. The van der Waals surface area contributed by atoms with E-state index in [2.05, 4.69) is 15.4 Å². The second-order valence-corrected chi connectivity index (χ2v) is 4.12. The van der Waals surface area contributed by atoms with Crippen LogP contribution in [-0.4, -0.2) is 37.9 Å². The molecular weight excluding hydrogens is 208 g/mol. The van der Waals surface area contributed by atoms with Gasteiger partial charge in [0.2, 0.25) is 5.91 Å². The van der Waals surface area contributed by atoms with Crippen molar-refractivity contribution in [3.63, 3.8) is 0 Å². The van der Waals surface area contributed by atoms with E-state index in [0.717, 1.165) is 6.42 Å². The zero-order chi connectivity index (χ0) is 12.0. The molecule has 0 aromatic carbocycles. The van der Waals surface area contributed by atoms with E-state index in [4.69, 9.17) is 0 Å². The van der Waals surface area contributed by atoms with Gasteiger partial charge in [0.15, 0.2) is 0 Å². The fraction of sp³-hybridized carbons (Fsp3) is 0.700. The summed E-state index contributed by atoms with van der Waals surface area (Å²) in [7, 11) is 0. The maximum Gasteiger partial charge on any atom is 0.241 e. The fourth-order valence-electron chi connectivity index (χ4n) is 1.43. The van der Waals surface area contributed by atoms with Crippen LogP contribution in [-0.2, 0) is 11.3 Å². The summed E-state index contributed by atoms with van der Waals surface area (Å²) in [4.78, 5) is 15.2. The zero-order valence-corrected chi connectivity index (χ0v) is 9.68. The molecule has 6 nitrogen and oxygen atoms in total. The van der Waals surface area contributed by atoms with E-state index in [-0.39, 0.29) is 19.0 Å². The smallest absolute Gasteiger partial charge is 0.241 e. The second kappa shape index (κ2) is 5.60. The number of aliphatic hydroxyl groups is 1. The van der Waals surface area contributed by atoms with Gasteiger partial charge in [-0.1, -0.05) is 13.3 Å². The first-order valence-electron chi connectivity index (χ1n) is 5.35. The van der Waals surface area contributed by atoms with E-state index in [0.29, 0.717) is 6.42 Å². The Balaban J connectivity index is 2.30. The number of hydrogen-bond acceptors (Lipinski definition) is 4. The Morgan fingerprint density at radius 3 is 2.94 bits per heavy atom. The van der Waals surface area contributed by atoms with E-state index in [1.807, 2.05) is 6.92 Å². The summed E-state index contributed by atoms with van der Waals surface area (Å²) in [6, 6.07) is 0. The lowest BCUT2D eigenvalue weighted by Gasteiger charge is -2.22. The van der Waals surface area contributed by atoms with Crippen LogP contribution in [0.3, 0.4) is 0 Å². The maximum absolute atomic E-state index is 11.5. The molecule has 0 bridgehead atoms. The second-order valence-electron chi connectivity index (χ2n) is 4.12. The Bertz CT molecular complexity index is 322. The van der Waals surface area contributed by atoms with E-state index < -0.39 is 5.60 Å². The van der Waals surface area contributed by atoms with Gasteiger partial charge in [0.1, 0.15) is 19.2 Å². The van der Waals surface area contributed by atoms with E-state index in [9.17, 15) is 9.90 Å². The van der Waals surface area contributed by atoms with Crippen molar-refractivity contribution in [3.05, 3.63) is 12.7 Å². The van der Waals surface area contributed by atoms with E-state index in [1.54, 1.807) is 6.92 Å². The summed E-state index contributed by atoms with van der Waals surface area (Å²) in [5, 5.41) is 16.3. The first kappa shape index (κ1) is 12.6. The van der Waals surface area contributed by atoms with Crippen molar-refractivity contribution < 1.29 is 9.90 Å². The molecule has 0 aliphatic heterocycles. The number of carbonyl (C=O) groups is 1. The molecule has 0 aliphatic rings. The SMILES string of the molecule is CCCC(C)(O)CNC(=O)Cn1cncn1. The predicted octanol–water partition coefficient (Wildman–Crippen LogP) is -0.0546. The molecule has 1 aromatic rings. The Kier molecular flexibility index (Phi) is 4.42. The van der Waals surface area contributed by atoms with Crippen LogP contribution in [0.4, 0.5) is 0 Å². The standard InChI is InChI=1S/C10H18N4O2/c1-3-4-10(2,16)6-12-9(15)5-14-8-11-7-13-14/h7-8,16H,3-6H2,1-2H3,(H,12,15). The summed E-state index contributed by atoms with van der Waals surface area (Å²) in [5.41, 5.74) is -0.840. The maximum atomic E-state index is 11.5. The monoisotopic (exact) mass is 226 g/mol. The Morgan fingerprint density at radius 2 is 2.38 bits per heavy atom. The fourth-order valence-corrected chi connectivity index (χ4v) is 1.43. The van der Waals surface area contributed by atoms with Crippen molar-refractivity contribution in [2.24, 2.45) is 0 Å². The summed E-state index contributed by atoms with van der Waals surface area (Å²) >= 11 is 0. The molecule has 16 heavy (non-hydrogen) atoms. The average Bonchev–Trinajstić information content (AvgIpc) is 2.68. The molecule has 1 atom stereocenters. The minimum atomic E-state index is -0.840. The van der Waals surface area contributed by atoms with Crippen LogP contribution in [0.15, 0.2) is 12.7 Å². The molecule has 90 valence electrons. The first-order valence-corrected chi connectivity index (χ1v) is 5.35. The molecule has 0 aliphatic carbocycles. The van der Waals surface area contributed by atoms with Crippen molar-refractivity contribution in [1.29, 1.82) is 0 Å². The van der Waals surface area contributed by atoms with Crippen molar-refractivity contribution in [1.82, 2.24) is 20.1 Å². The van der Waals surface area contributed by atoms with Crippen LogP contribution in [0, 0.1) is 0 Å². The predicted molar refractivity (Wildman–Crippen MR) is 58.6 cm³/mol. The quantitative estimate of drug-likeness (QED) is 0.712.